The first-order valence-electron chi connectivity index (χ1n) is 9.00. The van der Waals surface area contributed by atoms with Crippen molar-refractivity contribution in [2.75, 3.05) is 42.9 Å². The van der Waals surface area contributed by atoms with Crippen molar-refractivity contribution < 1.29 is 4.39 Å². The number of anilines is 2. The SMILES string of the molecule is CCN1CCN(c2ccc(NC(=S)NCc3ccc(F)cc3)cc2)CC1. The molecule has 0 unspecified atom stereocenters. The predicted molar refractivity (Wildman–Crippen MR) is 110 cm³/mol. The lowest BCUT2D eigenvalue weighted by Crippen LogP contribution is -2.46. The number of hydrogen-bond acceptors (Lipinski definition) is 3. The number of likely N-dealkylation sites (N-methyl/N-ethyl adjacent to an activating group) is 1. The minimum absolute atomic E-state index is 0.231. The van der Waals surface area contributed by atoms with Crippen molar-refractivity contribution in [2.45, 2.75) is 13.5 Å². The van der Waals surface area contributed by atoms with Crippen LogP contribution >= 0.6 is 12.2 Å². The molecule has 1 saturated heterocycles. The van der Waals surface area contributed by atoms with E-state index in [1.165, 1.54) is 17.8 Å². The Bertz CT molecular complexity index is 710. The number of piperazine rings is 1. The van der Waals surface area contributed by atoms with Gasteiger partial charge in [-0.1, -0.05) is 19.1 Å². The van der Waals surface area contributed by atoms with E-state index in [2.05, 4.69) is 39.5 Å². The molecule has 1 heterocycles. The molecule has 3 rings (SSSR count). The summed E-state index contributed by atoms with van der Waals surface area (Å²) in [6.45, 7) is 8.27. The normalized spacial score (nSPS) is 14.9. The summed E-state index contributed by atoms with van der Waals surface area (Å²) >= 11 is 5.33. The van der Waals surface area contributed by atoms with Crippen LogP contribution in [0.15, 0.2) is 48.5 Å². The molecule has 0 aliphatic carbocycles. The Balaban J connectivity index is 1.47. The van der Waals surface area contributed by atoms with Crippen molar-refractivity contribution in [3.63, 3.8) is 0 Å². The van der Waals surface area contributed by atoms with Crippen molar-refractivity contribution >= 4 is 28.7 Å². The third-order valence-electron chi connectivity index (χ3n) is 4.68. The van der Waals surface area contributed by atoms with Gasteiger partial charge in [0.15, 0.2) is 5.11 Å². The number of halogens is 1. The average Bonchev–Trinajstić information content (AvgIpc) is 2.68. The minimum atomic E-state index is -0.231. The summed E-state index contributed by atoms with van der Waals surface area (Å²) in [5.74, 6) is -0.231. The Morgan fingerprint density at radius 3 is 2.27 bits per heavy atom. The topological polar surface area (TPSA) is 30.5 Å². The molecule has 4 nitrogen and oxygen atoms in total. The predicted octanol–water partition coefficient (Wildman–Crippen LogP) is 3.45. The van der Waals surface area contributed by atoms with Crippen LogP contribution in [-0.2, 0) is 6.54 Å². The van der Waals surface area contributed by atoms with E-state index in [0.717, 1.165) is 44.0 Å². The van der Waals surface area contributed by atoms with Crippen LogP contribution < -0.4 is 15.5 Å². The highest BCUT2D eigenvalue weighted by Gasteiger charge is 2.15. The van der Waals surface area contributed by atoms with Gasteiger partial charge in [0.1, 0.15) is 5.82 Å². The van der Waals surface area contributed by atoms with E-state index in [0.29, 0.717) is 11.7 Å². The Morgan fingerprint density at radius 2 is 1.65 bits per heavy atom. The highest BCUT2D eigenvalue weighted by atomic mass is 32.1. The summed E-state index contributed by atoms with van der Waals surface area (Å²) < 4.78 is 12.9. The molecule has 2 N–H and O–H groups in total. The maximum Gasteiger partial charge on any atom is 0.171 e. The van der Waals surface area contributed by atoms with Crippen LogP contribution in [0, 0.1) is 5.82 Å². The molecule has 138 valence electrons. The molecule has 1 fully saturated rings. The highest BCUT2D eigenvalue weighted by molar-refractivity contribution is 7.80. The fourth-order valence-corrected chi connectivity index (χ4v) is 3.23. The third-order valence-corrected chi connectivity index (χ3v) is 4.92. The molecule has 2 aromatic carbocycles. The van der Waals surface area contributed by atoms with Crippen molar-refractivity contribution in [2.24, 2.45) is 0 Å². The van der Waals surface area contributed by atoms with Crippen LogP contribution in [0.25, 0.3) is 0 Å². The monoisotopic (exact) mass is 372 g/mol. The van der Waals surface area contributed by atoms with E-state index in [1.54, 1.807) is 12.1 Å². The van der Waals surface area contributed by atoms with Gasteiger partial charge < -0.3 is 20.4 Å². The highest BCUT2D eigenvalue weighted by Crippen LogP contribution is 2.19. The maximum absolute atomic E-state index is 12.9. The fourth-order valence-electron chi connectivity index (χ4n) is 3.04. The maximum atomic E-state index is 12.9. The zero-order valence-electron chi connectivity index (χ0n) is 15.0. The van der Waals surface area contributed by atoms with E-state index in [1.807, 2.05) is 12.1 Å². The Labute approximate surface area is 160 Å². The number of benzene rings is 2. The quantitative estimate of drug-likeness (QED) is 0.785. The van der Waals surface area contributed by atoms with Gasteiger partial charge in [0.2, 0.25) is 0 Å². The smallest absolute Gasteiger partial charge is 0.171 e. The fraction of sp³-hybridized carbons (Fsp3) is 0.350. The second kappa shape index (κ2) is 8.96. The van der Waals surface area contributed by atoms with Crippen LogP contribution in [0.1, 0.15) is 12.5 Å². The molecule has 6 heteroatoms. The van der Waals surface area contributed by atoms with Crippen LogP contribution in [0.3, 0.4) is 0 Å². The Morgan fingerprint density at radius 1 is 1.00 bits per heavy atom. The molecule has 0 amide bonds. The van der Waals surface area contributed by atoms with E-state index >= 15 is 0 Å². The largest absolute Gasteiger partial charge is 0.369 e. The van der Waals surface area contributed by atoms with Crippen LogP contribution in [0.2, 0.25) is 0 Å². The first kappa shape index (κ1) is 18.6. The van der Waals surface area contributed by atoms with E-state index in [4.69, 9.17) is 12.2 Å². The summed E-state index contributed by atoms with van der Waals surface area (Å²) in [5, 5.41) is 6.88. The minimum Gasteiger partial charge on any atom is -0.369 e. The molecule has 2 aromatic rings. The number of nitrogens with zero attached hydrogens (tertiary/aromatic N) is 2. The molecular formula is C20H25FN4S. The van der Waals surface area contributed by atoms with Gasteiger partial charge in [-0.3, -0.25) is 0 Å². The molecule has 0 bridgehead atoms. The van der Waals surface area contributed by atoms with Crippen LogP contribution in [0.5, 0.6) is 0 Å². The van der Waals surface area contributed by atoms with Gasteiger partial charge in [-0.15, -0.1) is 0 Å². The standard InChI is InChI=1S/C20H25FN4S/c1-2-24-11-13-25(14-12-24)19-9-7-18(8-10-19)23-20(26)22-15-16-3-5-17(21)6-4-16/h3-10H,2,11-15H2,1H3,(H2,22,23,26). The third kappa shape index (κ3) is 5.16. The lowest BCUT2D eigenvalue weighted by molar-refractivity contribution is 0.271. The lowest BCUT2D eigenvalue weighted by Gasteiger charge is -2.35. The molecule has 0 aromatic heterocycles. The van der Waals surface area contributed by atoms with Crippen molar-refractivity contribution in [1.82, 2.24) is 10.2 Å². The van der Waals surface area contributed by atoms with Crippen molar-refractivity contribution in [3.05, 3.63) is 59.9 Å². The van der Waals surface area contributed by atoms with Crippen molar-refractivity contribution in [3.8, 4) is 0 Å². The number of hydrogen-bond donors (Lipinski definition) is 2. The summed E-state index contributed by atoms with van der Waals surface area (Å²) in [6.07, 6.45) is 0. The van der Waals surface area contributed by atoms with Crippen molar-refractivity contribution in [1.29, 1.82) is 0 Å². The summed E-state index contributed by atoms with van der Waals surface area (Å²) in [5.41, 5.74) is 3.19. The molecule has 0 radical (unpaired) electrons. The first-order valence-corrected chi connectivity index (χ1v) is 9.41. The zero-order chi connectivity index (χ0) is 18.4. The summed E-state index contributed by atoms with van der Waals surface area (Å²) in [6, 6.07) is 14.8. The van der Waals surface area contributed by atoms with E-state index < -0.39 is 0 Å². The number of nitrogens with one attached hydrogen (secondary N) is 2. The molecule has 0 saturated carbocycles. The summed E-state index contributed by atoms with van der Waals surface area (Å²) in [4.78, 5) is 4.89. The molecule has 0 spiro atoms. The van der Waals surface area contributed by atoms with Gasteiger partial charge in [-0.2, -0.15) is 0 Å². The average molecular weight is 373 g/mol. The van der Waals surface area contributed by atoms with Gasteiger partial charge in [0.25, 0.3) is 0 Å². The molecule has 0 atom stereocenters. The number of rotatable bonds is 5. The molecular weight excluding hydrogens is 347 g/mol. The second-order valence-electron chi connectivity index (χ2n) is 6.40. The van der Waals surface area contributed by atoms with E-state index in [-0.39, 0.29) is 5.82 Å². The van der Waals surface area contributed by atoms with E-state index in [9.17, 15) is 4.39 Å². The first-order chi connectivity index (χ1) is 12.6. The Hall–Kier alpha value is -2.18. The van der Waals surface area contributed by atoms with Gasteiger partial charge in [-0.25, -0.2) is 4.39 Å². The van der Waals surface area contributed by atoms with Gasteiger partial charge in [0, 0.05) is 44.1 Å². The van der Waals surface area contributed by atoms with Crippen LogP contribution in [-0.4, -0.2) is 42.7 Å². The lowest BCUT2D eigenvalue weighted by atomic mass is 10.2. The second-order valence-corrected chi connectivity index (χ2v) is 6.81. The number of thiocarbonyl (C=S) groups is 1. The Kier molecular flexibility index (Phi) is 6.41. The van der Waals surface area contributed by atoms with Gasteiger partial charge in [0.05, 0.1) is 0 Å². The summed E-state index contributed by atoms with van der Waals surface area (Å²) in [7, 11) is 0. The zero-order valence-corrected chi connectivity index (χ0v) is 15.9. The molecule has 1 aliphatic rings. The van der Waals surface area contributed by atoms with Crippen LogP contribution in [0.4, 0.5) is 15.8 Å². The molecule has 1 aliphatic heterocycles. The van der Waals surface area contributed by atoms with Gasteiger partial charge >= 0.3 is 0 Å². The van der Waals surface area contributed by atoms with Gasteiger partial charge in [-0.05, 0) is 60.7 Å². The molecule has 26 heavy (non-hydrogen) atoms.